The summed E-state index contributed by atoms with van der Waals surface area (Å²) in [7, 11) is 1.33. The summed E-state index contributed by atoms with van der Waals surface area (Å²) in [6.45, 7) is 1.67. The van der Waals surface area contributed by atoms with Gasteiger partial charge in [-0.3, -0.25) is 0 Å². The van der Waals surface area contributed by atoms with E-state index in [1.54, 1.807) is 19.1 Å². The summed E-state index contributed by atoms with van der Waals surface area (Å²) in [5, 5.41) is 11.4. The molecule has 0 saturated heterocycles. The van der Waals surface area contributed by atoms with Crippen molar-refractivity contribution in [2.75, 3.05) is 12.4 Å². The van der Waals surface area contributed by atoms with Crippen molar-refractivity contribution in [3.63, 3.8) is 0 Å². The largest absolute Gasteiger partial charge is 0.467 e. The zero-order valence-electron chi connectivity index (χ0n) is 8.52. The van der Waals surface area contributed by atoms with E-state index in [-0.39, 0.29) is 5.97 Å². The smallest absolute Gasteiger partial charge is 0.328 e. The predicted octanol–water partition coefficient (Wildman–Crippen LogP) is 0.927. The molecule has 1 aromatic heterocycles. The molecule has 15 heavy (non-hydrogen) atoms. The lowest BCUT2D eigenvalue weighted by molar-refractivity contribution is -0.141. The molecule has 1 heterocycles. The first-order chi connectivity index (χ1) is 7.17. The zero-order valence-corrected chi connectivity index (χ0v) is 8.52. The first-order valence-electron chi connectivity index (χ1n) is 4.38. The summed E-state index contributed by atoms with van der Waals surface area (Å²) in [4.78, 5) is 15.0. The molecule has 1 aromatic rings. The molecule has 0 bridgehead atoms. The topological polar surface area (TPSA) is 75.0 Å². The van der Waals surface area contributed by atoms with Crippen molar-refractivity contribution in [3.05, 3.63) is 23.9 Å². The van der Waals surface area contributed by atoms with Crippen LogP contribution in [0.2, 0.25) is 0 Å². The highest BCUT2D eigenvalue weighted by Gasteiger charge is 2.12. The Morgan fingerprint density at radius 3 is 2.87 bits per heavy atom. The second kappa shape index (κ2) is 4.96. The Labute approximate surface area is 87.7 Å². The van der Waals surface area contributed by atoms with Gasteiger partial charge in [0.15, 0.2) is 0 Å². The number of esters is 1. The number of methoxy groups -OCH3 is 1. The van der Waals surface area contributed by atoms with Crippen LogP contribution in [0, 0.1) is 11.3 Å². The van der Waals surface area contributed by atoms with Crippen molar-refractivity contribution in [2.24, 2.45) is 0 Å². The number of rotatable bonds is 3. The van der Waals surface area contributed by atoms with Crippen LogP contribution >= 0.6 is 0 Å². The van der Waals surface area contributed by atoms with E-state index in [1.807, 2.05) is 6.07 Å². The van der Waals surface area contributed by atoms with Gasteiger partial charge in [-0.25, -0.2) is 9.78 Å². The second-order valence-corrected chi connectivity index (χ2v) is 2.93. The maximum Gasteiger partial charge on any atom is 0.328 e. The van der Waals surface area contributed by atoms with Gasteiger partial charge < -0.3 is 10.1 Å². The fraction of sp³-hybridized carbons (Fsp3) is 0.300. The first kappa shape index (κ1) is 11.0. The lowest BCUT2D eigenvalue weighted by atomic mass is 10.3. The van der Waals surface area contributed by atoms with Crippen LogP contribution in [-0.4, -0.2) is 24.1 Å². The van der Waals surface area contributed by atoms with Gasteiger partial charge in [0.1, 0.15) is 17.9 Å². The van der Waals surface area contributed by atoms with Crippen LogP contribution in [0.25, 0.3) is 0 Å². The van der Waals surface area contributed by atoms with E-state index < -0.39 is 6.04 Å². The van der Waals surface area contributed by atoms with E-state index in [2.05, 4.69) is 15.0 Å². The van der Waals surface area contributed by atoms with Crippen molar-refractivity contribution in [1.82, 2.24) is 4.98 Å². The third kappa shape index (κ3) is 2.95. The van der Waals surface area contributed by atoms with Crippen molar-refractivity contribution in [2.45, 2.75) is 13.0 Å². The Balaban J connectivity index is 2.66. The molecule has 0 radical (unpaired) electrons. The van der Waals surface area contributed by atoms with Gasteiger partial charge in [-0.2, -0.15) is 5.26 Å². The molecular formula is C10H11N3O2. The highest BCUT2D eigenvalue weighted by molar-refractivity contribution is 5.78. The monoisotopic (exact) mass is 205 g/mol. The Kier molecular flexibility index (Phi) is 3.63. The summed E-state index contributed by atoms with van der Waals surface area (Å²) in [5.74, 6) is 0.174. The highest BCUT2D eigenvalue weighted by Crippen LogP contribution is 2.06. The van der Waals surface area contributed by atoms with Gasteiger partial charge in [-0.15, -0.1) is 0 Å². The van der Waals surface area contributed by atoms with E-state index in [0.29, 0.717) is 11.4 Å². The lowest BCUT2D eigenvalue weighted by Crippen LogP contribution is -2.27. The maximum absolute atomic E-state index is 11.1. The molecule has 0 fully saturated rings. The molecule has 5 heteroatoms. The zero-order chi connectivity index (χ0) is 11.3. The number of nitrogens with zero attached hydrogens (tertiary/aromatic N) is 2. The van der Waals surface area contributed by atoms with Crippen molar-refractivity contribution < 1.29 is 9.53 Å². The number of carbonyl (C=O) groups excluding carboxylic acids is 1. The van der Waals surface area contributed by atoms with Gasteiger partial charge >= 0.3 is 5.97 Å². The number of aromatic nitrogens is 1. The second-order valence-electron chi connectivity index (χ2n) is 2.93. The summed E-state index contributed by atoms with van der Waals surface area (Å²) in [6.07, 6.45) is 1.44. The van der Waals surface area contributed by atoms with Crippen LogP contribution in [-0.2, 0) is 9.53 Å². The molecular weight excluding hydrogens is 194 g/mol. The summed E-state index contributed by atoms with van der Waals surface area (Å²) in [6, 6.07) is 4.76. The molecule has 0 aliphatic heterocycles. The van der Waals surface area contributed by atoms with Crippen LogP contribution in [0.5, 0.6) is 0 Å². The van der Waals surface area contributed by atoms with Crippen LogP contribution in [0.15, 0.2) is 18.3 Å². The molecule has 0 amide bonds. The van der Waals surface area contributed by atoms with Crippen molar-refractivity contribution in [1.29, 1.82) is 5.26 Å². The van der Waals surface area contributed by atoms with Crippen LogP contribution in [0.1, 0.15) is 12.5 Å². The normalized spacial score (nSPS) is 11.3. The quantitative estimate of drug-likeness (QED) is 0.743. The standard InChI is InChI=1S/C10H11N3O2/c1-7(10(14)15-2)13-9-4-3-8(5-11)6-12-9/h3-4,6-7H,1-2H3,(H,12,13). The average molecular weight is 205 g/mol. The minimum atomic E-state index is -0.463. The molecule has 78 valence electrons. The number of hydrogen-bond donors (Lipinski definition) is 1. The number of nitrogens with one attached hydrogen (secondary N) is 1. The van der Waals surface area contributed by atoms with Crippen LogP contribution in [0.4, 0.5) is 5.82 Å². The van der Waals surface area contributed by atoms with E-state index in [4.69, 9.17) is 5.26 Å². The summed E-state index contributed by atoms with van der Waals surface area (Å²) >= 11 is 0. The van der Waals surface area contributed by atoms with Crippen LogP contribution in [0.3, 0.4) is 0 Å². The number of ether oxygens (including phenoxy) is 1. The first-order valence-corrected chi connectivity index (χ1v) is 4.38. The van der Waals surface area contributed by atoms with E-state index in [1.165, 1.54) is 13.3 Å². The van der Waals surface area contributed by atoms with E-state index >= 15 is 0 Å². The van der Waals surface area contributed by atoms with Crippen LogP contribution < -0.4 is 5.32 Å². The molecule has 1 atom stereocenters. The predicted molar refractivity (Wildman–Crippen MR) is 54.1 cm³/mol. The Bertz CT molecular complexity index is 381. The van der Waals surface area contributed by atoms with Crippen molar-refractivity contribution in [3.8, 4) is 6.07 Å². The SMILES string of the molecule is COC(=O)C(C)Nc1ccc(C#N)cn1. The molecule has 0 aliphatic carbocycles. The molecule has 0 aliphatic rings. The number of carbonyl (C=O) groups is 1. The van der Waals surface area contributed by atoms with Gasteiger partial charge in [0, 0.05) is 6.20 Å². The number of hydrogen-bond acceptors (Lipinski definition) is 5. The molecule has 0 saturated carbocycles. The van der Waals surface area contributed by atoms with Gasteiger partial charge in [-0.05, 0) is 19.1 Å². The Hall–Kier alpha value is -2.09. The molecule has 1 unspecified atom stereocenters. The number of nitriles is 1. The van der Waals surface area contributed by atoms with Gasteiger partial charge in [0.05, 0.1) is 12.7 Å². The van der Waals surface area contributed by atoms with Crippen molar-refractivity contribution >= 4 is 11.8 Å². The minimum Gasteiger partial charge on any atom is -0.467 e. The fourth-order valence-electron chi connectivity index (χ4n) is 1.00. The van der Waals surface area contributed by atoms with Gasteiger partial charge in [-0.1, -0.05) is 0 Å². The lowest BCUT2D eigenvalue weighted by Gasteiger charge is -2.11. The Morgan fingerprint density at radius 2 is 2.40 bits per heavy atom. The van der Waals surface area contributed by atoms with Gasteiger partial charge in [0.2, 0.25) is 0 Å². The molecule has 1 rings (SSSR count). The number of anilines is 1. The summed E-state index contributed by atoms with van der Waals surface area (Å²) < 4.78 is 4.55. The average Bonchev–Trinajstić information content (AvgIpc) is 2.29. The third-order valence-corrected chi connectivity index (χ3v) is 1.81. The van der Waals surface area contributed by atoms with E-state index in [0.717, 1.165) is 0 Å². The van der Waals surface area contributed by atoms with Gasteiger partial charge in [0.25, 0.3) is 0 Å². The molecule has 1 N–H and O–H groups in total. The maximum atomic E-state index is 11.1. The third-order valence-electron chi connectivity index (χ3n) is 1.81. The summed E-state index contributed by atoms with van der Waals surface area (Å²) in [5.41, 5.74) is 0.478. The minimum absolute atomic E-state index is 0.360. The molecule has 0 spiro atoms. The highest BCUT2D eigenvalue weighted by atomic mass is 16.5. The Morgan fingerprint density at radius 1 is 1.67 bits per heavy atom. The molecule has 5 nitrogen and oxygen atoms in total. The number of pyridine rings is 1. The fourth-order valence-corrected chi connectivity index (χ4v) is 1.00. The molecule has 0 aromatic carbocycles. The van der Waals surface area contributed by atoms with E-state index in [9.17, 15) is 4.79 Å².